The van der Waals surface area contributed by atoms with Gasteiger partial charge >= 0.3 is 6.36 Å². The highest BCUT2D eigenvalue weighted by Gasteiger charge is 2.32. The van der Waals surface area contributed by atoms with Crippen LogP contribution in [0.15, 0.2) is 53.4 Å². The molecule has 0 fully saturated rings. The van der Waals surface area contributed by atoms with E-state index in [0.717, 1.165) is 10.4 Å². The molecule has 0 saturated carbocycles. The first-order valence-electron chi connectivity index (χ1n) is 7.19. The zero-order valence-corrected chi connectivity index (χ0v) is 14.6. The maximum Gasteiger partial charge on any atom is 0.573 e. The smallest absolute Gasteiger partial charge is 0.404 e. The molecule has 140 valence electrons. The van der Waals surface area contributed by atoms with Gasteiger partial charge in [-0.2, -0.15) is 0 Å². The Labute approximate surface area is 148 Å². The molecular formula is C16H15F3N2O4S. The molecule has 6 nitrogen and oxygen atoms in total. The van der Waals surface area contributed by atoms with E-state index in [4.69, 9.17) is 0 Å². The normalized spacial score (nSPS) is 12.1. The Kier molecular flexibility index (Phi) is 5.57. The van der Waals surface area contributed by atoms with Gasteiger partial charge in [0.15, 0.2) is 5.75 Å². The first-order valence-corrected chi connectivity index (χ1v) is 8.63. The van der Waals surface area contributed by atoms with Crippen molar-refractivity contribution in [1.82, 2.24) is 4.31 Å². The summed E-state index contributed by atoms with van der Waals surface area (Å²) in [5, 5.41) is 2.31. The molecule has 0 aliphatic heterocycles. The Morgan fingerprint density at radius 1 is 1.04 bits per heavy atom. The van der Waals surface area contributed by atoms with Gasteiger partial charge in [-0.1, -0.05) is 12.1 Å². The lowest BCUT2D eigenvalue weighted by molar-refractivity contribution is -0.274. The number of nitrogens with one attached hydrogen (secondary N) is 1. The van der Waals surface area contributed by atoms with Crippen molar-refractivity contribution in [2.45, 2.75) is 11.3 Å². The van der Waals surface area contributed by atoms with E-state index >= 15 is 0 Å². The standard InChI is InChI=1S/C16H15F3N2O4S/c1-21(2)26(23,24)12-9-7-11(8-10-12)15(22)20-13-5-3-4-6-14(13)25-16(17,18)19/h3-10H,1-2H3,(H,20,22). The Morgan fingerprint density at radius 3 is 2.15 bits per heavy atom. The van der Waals surface area contributed by atoms with Crippen LogP contribution in [-0.4, -0.2) is 39.1 Å². The molecule has 2 rings (SSSR count). The van der Waals surface area contributed by atoms with Gasteiger partial charge in [-0.25, -0.2) is 12.7 Å². The maximum atomic E-state index is 12.4. The van der Waals surface area contributed by atoms with Crippen LogP contribution in [0, 0.1) is 0 Å². The van der Waals surface area contributed by atoms with Gasteiger partial charge in [-0.3, -0.25) is 4.79 Å². The zero-order chi connectivity index (χ0) is 19.5. The average molecular weight is 388 g/mol. The van der Waals surface area contributed by atoms with Gasteiger partial charge in [-0.05, 0) is 36.4 Å². The Hall–Kier alpha value is -2.59. The lowest BCUT2D eigenvalue weighted by Crippen LogP contribution is -2.22. The third-order valence-corrected chi connectivity index (χ3v) is 5.09. The van der Waals surface area contributed by atoms with Crippen LogP contribution in [0.2, 0.25) is 0 Å². The van der Waals surface area contributed by atoms with Crippen LogP contribution in [0.4, 0.5) is 18.9 Å². The quantitative estimate of drug-likeness (QED) is 0.854. The van der Waals surface area contributed by atoms with E-state index in [9.17, 15) is 26.4 Å². The van der Waals surface area contributed by atoms with Crippen molar-refractivity contribution in [3.8, 4) is 5.75 Å². The van der Waals surface area contributed by atoms with Gasteiger partial charge < -0.3 is 10.1 Å². The SMILES string of the molecule is CN(C)S(=O)(=O)c1ccc(C(=O)Nc2ccccc2OC(F)(F)F)cc1. The number of hydrogen-bond acceptors (Lipinski definition) is 4. The van der Waals surface area contributed by atoms with Crippen molar-refractivity contribution in [3.63, 3.8) is 0 Å². The van der Waals surface area contributed by atoms with Crippen LogP contribution in [0.1, 0.15) is 10.4 Å². The second kappa shape index (κ2) is 7.34. The number of rotatable bonds is 5. The van der Waals surface area contributed by atoms with E-state index in [-0.39, 0.29) is 16.1 Å². The maximum absolute atomic E-state index is 12.4. The van der Waals surface area contributed by atoms with Gasteiger partial charge in [0, 0.05) is 19.7 Å². The minimum Gasteiger partial charge on any atom is -0.404 e. The largest absolute Gasteiger partial charge is 0.573 e. The number of sulfonamides is 1. The molecule has 0 atom stereocenters. The number of carbonyl (C=O) groups is 1. The van der Waals surface area contributed by atoms with Gasteiger partial charge in [0.2, 0.25) is 10.0 Å². The highest BCUT2D eigenvalue weighted by atomic mass is 32.2. The monoisotopic (exact) mass is 388 g/mol. The molecule has 0 bridgehead atoms. The summed E-state index contributed by atoms with van der Waals surface area (Å²) in [6.07, 6.45) is -4.90. The molecule has 0 aromatic heterocycles. The fraction of sp³-hybridized carbons (Fsp3) is 0.188. The molecule has 0 aliphatic rings. The van der Waals surface area contributed by atoms with E-state index in [1.807, 2.05) is 0 Å². The molecule has 0 unspecified atom stereocenters. The van der Waals surface area contributed by atoms with Gasteiger partial charge in [-0.15, -0.1) is 13.2 Å². The third kappa shape index (κ3) is 4.73. The zero-order valence-electron chi connectivity index (χ0n) is 13.7. The summed E-state index contributed by atoms with van der Waals surface area (Å²) in [7, 11) is -0.911. The van der Waals surface area contributed by atoms with Gasteiger partial charge in [0.05, 0.1) is 10.6 Å². The van der Waals surface area contributed by atoms with E-state index in [1.165, 1.54) is 56.6 Å². The molecule has 26 heavy (non-hydrogen) atoms. The number of halogens is 3. The number of para-hydroxylation sites is 2. The minimum absolute atomic E-state index is 0.0140. The molecule has 0 aliphatic carbocycles. The van der Waals surface area contributed by atoms with Crippen molar-refractivity contribution < 1.29 is 31.1 Å². The van der Waals surface area contributed by atoms with Crippen molar-refractivity contribution >= 4 is 21.6 Å². The molecule has 0 heterocycles. The van der Waals surface area contributed by atoms with E-state index in [1.54, 1.807) is 0 Å². The number of carbonyl (C=O) groups excluding carboxylic acids is 1. The predicted octanol–water partition coefficient (Wildman–Crippen LogP) is 3.09. The fourth-order valence-electron chi connectivity index (χ4n) is 1.97. The van der Waals surface area contributed by atoms with E-state index in [2.05, 4.69) is 10.1 Å². The van der Waals surface area contributed by atoms with Crippen LogP contribution in [0.25, 0.3) is 0 Å². The number of alkyl halides is 3. The lowest BCUT2D eigenvalue weighted by atomic mass is 10.2. The topological polar surface area (TPSA) is 75.7 Å². The highest BCUT2D eigenvalue weighted by molar-refractivity contribution is 7.89. The fourth-order valence-corrected chi connectivity index (χ4v) is 2.87. The third-order valence-electron chi connectivity index (χ3n) is 3.26. The highest BCUT2D eigenvalue weighted by Crippen LogP contribution is 2.30. The van der Waals surface area contributed by atoms with Crippen LogP contribution < -0.4 is 10.1 Å². The van der Waals surface area contributed by atoms with Crippen LogP contribution in [0.3, 0.4) is 0 Å². The average Bonchev–Trinajstić information content (AvgIpc) is 2.55. The number of ether oxygens (including phenoxy) is 1. The molecule has 10 heteroatoms. The second-order valence-electron chi connectivity index (χ2n) is 5.31. The summed E-state index contributed by atoms with van der Waals surface area (Å²) in [4.78, 5) is 12.2. The van der Waals surface area contributed by atoms with E-state index < -0.39 is 28.0 Å². The molecule has 2 aromatic carbocycles. The number of nitrogens with zero attached hydrogens (tertiary/aromatic N) is 1. The molecule has 0 spiro atoms. The van der Waals surface area contributed by atoms with E-state index in [0.29, 0.717) is 0 Å². The first-order chi connectivity index (χ1) is 12.0. The van der Waals surface area contributed by atoms with Crippen molar-refractivity contribution in [2.24, 2.45) is 0 Å². The molecule has 2 aromatic rings. The van der Waals surface area contributed by atoms with Crippen molar-refractivity contribution in [3.05, 3.63) is 54.1 Å². The second-order valence-corrected chi connectivity index (χ2v) is 7.46. The van der Waals surface area contributed by atoms with Gasteiger partial charge in [0.1, 0.15) is 0 Å². The molecule has 1 amide bonds. The van der Waals surface area contributed by atoms with Crippen molar-refractivity contribution in [2.75, 3.05) is 19.4 Å². The summed E-state index contributed by atoms with van der Waals surface area (Å²) >= 11 is 0. The summed E-state index contributed by atoms with van der Waals surface area (Å²) in [6.45, 7) is 0. The number of benzene rings is 2. The number of amides is 1. The number of anilines is 1. The summed E-state index contributed by atoms with van der Waals surface area (Å²) in [5.74, 6) is -1.27. The summed E-state index contributed by atoms with van der Waals surface area (Å²) in [6, 6.07) is 10.1. The van der Waals surface area contributed by atoms with Crippen LogP contribution in [-0.2, 0) is 10.0 Å². The molecule has 0 radical (unpaired) electrons. The predicted molar refractivity (Wildman–Crippen MR) is 88.4 cm³/mol. The van der Waals surface area contributed by atoms with Crippen molar-refractivity contribution in [1.29, 1.82) is 0 Å². The summed E-state index contributed by atoms with van der Waals surface area (Å²) < 4.78 is 66.1. The molecular weight excluding hydrogens is 373 g/mol. The van der Waals surface area contributed by atoms with Gasteiger partial charge in [0.25, 0.3) is 5.91 Å². The lowest BCUT2D eigenvalue weighted by Gasteiger charge is -2.14. The first kappa shape index (κ1) is 19.7. The minimum atomic E-state index is -4.90. The Bertz CT molecular complexity index is 894. The molecule has 1 N–H and O–H groups in total. The Morgan fingerprint density at radius 2 is 1.62 bits per heavy atom. The van der Waals surface area contributed by atoms with Crippen LogP contribution in [0.5, 0.6) is 5.75 Å². The Balaban J connectivity index is 2.22. The van der Waals surface area contributed by atoms with Crippen LogP contribution >= 0.6 is 0 Å². The molecule has 0 saturated heterocycles. The summed E-state index contributed by atoms with van der Waals surface area (Å²) in [5.41, 5.74) is -0.0932. The number of hydrogen-bond donors (Lipinski definition) is 1.